The molecule has 0 spiro atoms. The second-order valence-electron chi connectivity index (χ2n) is 6.76. The summed E-state index contributed by atoms with van der Waals surface area (Å²) in [5, 5.41) is 14.5. The van der Waals surface area contributed by atoms with Crippen LogP contribution in [0, 0.1) is 6.92 Å². The van der Waals surface area contributed by atoms with Crippen molar-refractivity contribution in [3.63, 3.8) is 0 Å². The Labute approximate surface area is 148 Å². The van der Waals surface area contributed by atoms with Gasteiger partial charge in [0.05, 0.1) is 11.9 Å². The van der Waals surface area contributed by atoms with Crippen molar-refractivity contribution in [2.45, 2.75) is 31.9 Å². The first kappa shape index (κ1) is 16.1. The highest BCUT2D eigenvalue weighted by atomic mass is 16.3. The lowest BCUT2D eigenvalue weighted by Gasteiger charge is -2.24. The number of nitrogens with zero attached hydrogens (tertiary/aromatic N) is 2. The molecule has 3 aromatic rings. The number of hydrogen-bond acceptors (Lipinski definition) is 3. The number of imidazole rings is 1. The maximum Gasteiger partial charge on any atom is 0.110 e. The molecule has 1 aliphatic carbocycles. The van der Waals surface area contributed by atoms with E-state index in [0.717, 1.165) is 35.6 Å². The summed E-state index contributed by atoms with van der Waals surface area (Å²) in [5.74, 6) is 0.966. The molecule has 0 saturated carbocycles. The number of hydrogen-bond donors (Lipinski definition) is 2. The van der Waals surface area contributed by atoms with Crippen LogP contribution in [0.2, 0.25) is 0 Å². The Balaban J connectivity index is 1.49. The van der Waals surface area contributed by atoms with Gasteiger partial charge in [-0.1, -0.05) is 42.5 Å². The zero-order valence-corrected chi connectivity index (χ0v) is 14.4. The van der Waals surface area contributed by atoms with E-state index < -0.39 is 5.60 Å². The zero-order valence-electron chi connectivity index (χ0n) is 14.4. The minimum atomic E-state index is -0.775. The number of fused-ring (bicyclic) bond motifs is 1. The van der Waals surface area contributed by atoms with Crippen LogP contribution in [0.25, 0.3) is 5.69 Å². The highest BCUT2D eigenvalue weighted by molar-refractivity contribution is 5.38. The Bertz CT molecular complexity index is 872. The fraction of sp³-hybridized carbons (Fsp3) is 0.286. The Morgan fingerprint density at radius 2 is 1.88 bits per heavy atom. The van der Waals surface area contributed by atoms with Crippen molar-refractivity contribution >= 4 is 0 Å². The summed E-state index contributed by atoms with van der Waals surface area (Å²) >= 11 is 0. The molecule has 4 rings (SSSR count). The lowest BCUT2D eigenvalue weighted by atomic mass is 9.96. The first-order valence-corrected chi connectivity index (χ1v) is 8.77. The van der Waals surface area contributed by atoms with Crippen molar-refractivity contribution in [3.05, 3.63) is 83.4 Å². The van der Waals surface area contributed by atoms with Gasteiger partial charge in [0.2, 0.25) is 0 Å². The quantitative estimate of drug-likeness (QED) is 0.754. The van der Waals surface area contributed by atoms with Gasteiger partial charge in [0.15, 0.2) is 0 Å². The summed E-state index contributed by atoms with van der Waals surface area (Å²) in [6, 6.07) is 18.4. The third kappa shape index (κ3) is 2.99. The Hall–Kier alpha value is -2.43. The third-order valence-corrected chi connectivity index (χ3v) is 5.08. The minimum Gasteiger partial charge on any atom is -0.384 e. The third-order valence-electron chi connectivity index (χ3n) is 5.08. The number of para-hydroxylation sites is 1. The number of rotatable bonds is 5. The molecule has 0 saturated heterocycles. The van der Waals surface area contributed by atoms with Crippen molar-refractivity contribution in [3.8, 4) is 5.69 Å². The summed E-state index contributed by atoms with van der Waals surface area (Å²) in [6.07, 6.45) is 3.62. The normalized spacial score (nSPS) is 19.1. The van der Waals surface area contributed by atoms with Gasteiger partial charge in [-0.15, -0.1) is 0 Å². The lowest BCUT2D eigenvalue weighted by Crippen LogP contribution is -2.36. The van der Waals surface area contributed by atoms with Crippen LogP contribution < -0.4 is 5.32 Å². The van der Waals surface area contributed by atoms with E-state index in [9.17, 15) is 5.11 Å². The minimum absolute atomic E-state index is 0.545. The van der Waals surface area contributed by atoms with E-state index >= 15 is 0 Å². The van der Waals surface area contributed by atoms with Gasteiger partial charge < -0.3 is 10.4 Å². The van der Waals surface area contributed by atoms with Gasteiger partial charge in [-0.3, -0.25) is 4.57 Å². The molecule has 4 nitrogen and oxygen atoms in total. The molecule has 0 aliphatic heterocycles. The van der Waals surface area contributed by atoms with Crippen LogP contribution in [0.15, 0.2) is 60.8 Å². The topological polar surface area (TPSA) is 50.1 Å². The molecule has 1 aromatic heterocycles. The van der Waals surface area contributed by atoms with Crippen LogP contribution in [0.4, 0.5) is 0 Å². The van der Waals surface area contributed by atoms with Crippen LogP contribution >= 0.6 is 0 Å². The molecule has 4 heteroatoms. The van der Waals surface area contributed by atoms with Gasteiger partial charge in [0.1, 0.15) is 11.4 Å². The van der Waals surface area contributed by atoms with Crippen LogP contribution in [0.1, 0.15) is 29.1 Å². The van der Waals surface area contributed by atoms with Crippen LogP contribution in [-0.2, 0) is 18.6 Å². The standard InChI is InChI=1S/C21H23N3O/c1-16-23-14-19(24(16)18-8-3-2-4-9-18)13-22-15-21(25)12-11-17-7-5-6-10-20(17)21/h2-10,14,22,25H,11-13,15H2,1H3. The van der Waals surface area contributed by atoms with E-state index in [1.54, 1.807) is 0 Å². The summed E-state index contributed by atoms with van der Waals surface area (Å²) in [7, 11) is 0. The van der Waals surface area contributed by atoms with Crippen LogP contribution in [0.5, 0.6) is 0 Å². The zero-order chi connectivity index (χ0) is 17.3. The highest BCUT2D eigenvalue weighted by Gasteiger charge is 2.35. The smallest absolute Gasteiger partial charge is 0.110 e. The molecule has 0 radical (unpaired) electrons. The largest absolute Gasteiger partial charge is 0.384 e. The number of aromatic nitrogens is 2. The summed E-state index contributed by atoms with van der Waals surface area (Å²) < 4.78 is 2.15. The van der Waals surface area contributed by atoms with Gasteiger partial charge in [-0.2, -0.15) is 0 Å². The molecule has 1 atom stereocenters. The molecule has 1 aliphatic rings. The van der Waals surface area contributed by atoms with Gasteiger partial charge in [0, 0.05) is 18.8 Å². The van der Waals surface area contributed by atoms with Crippen molar-refractivity contribution in [2.75, 3.05) is 6.54 Å². The van der Waals surface area contributed by atoms with Gasteiger partial charge in [0.25, 0.3) is 0 Å². The summed E-state index contributed by atoms with van der Waals surface area (Å²) in [5.41, 5.74) is 3.76. The number of nitrogens with one attached hydrogen (secondary N) is 1. The molecule has 2 N–H and O–H groups in total. The fourth-order valence-corrected chi connectivity index (χ4v) is 3.80. The van der Waals surface area contributed by atoms with E-state index in [2.05, 4.69) is 33.1 Å². The molecule has 2 aromatic carbocycles. The predicted octanol–water partition coefficient (Wildman–Crippen LogP) is 3.10. The van der Waals surface area contributed by atoms with Crippen molar-refractivity contribution in [1.82, 2.24) is 14.9 Å². The van der Waals surface area contributed by atoms with Crippen molar-refractivity contribution < 1.29 is 5.11 Å². The van der Waals surface area contributed by atoms with Gasteiger partial charge >= 0.3 is 0 Å². The Kier molecular flexibility index (Phi) is 4.15. The maximum atomic E-state index is 11.0. The number of benzene rings is 2. The summed E-state index contributed by atoms with van der Waals surface area (Å²) in [4.78, 5) is 4.46. The molecule has 25 heavy (non-hydrogen) atoms. The van der Waals surface area contributed by atoms with E-state index in [1.807, 2.05) is 49.5 Å². The number of aliphatic hydroxyl groups is 1. The monoisotopic (exact) mass is 333 g/mol. The molecular formula is C21H23N3O. The van der Waals surface area contributed by atoms with Crippen molar-refractivity contribution in [1.29, 1.82) is 0 Å². The first-order chi connectivity index (χ1) is 12.2. The Morgan fingerprint density at radius 3 is 2.72 bits per heavy atom. The number of aryl methyl sites for hydroxylation is 2. The van der Waals surface area contributed by atoms with E-state index in [0.29, 0.717) is 13.1 Å². The molecule has 128 valence electrons. The van der Waals surface area contributed by atoms with E-state index in [-0.39, 0.29) is 0 Å². The second-order valence-corrected chi connectivity index (χ2v) is 6.76. The lowest BCUT2D eigenvalue weighted by molar-refractivity contribution is 0.0383. The SMILES string of the molecule is Cc1ncc(CNCC2(O)CCc3ccccc32)n1-c1ccccc1. The molecule has 1 unspecified atom stereocenters. The van der Waals surface area contributed by atoms with Crippen LogP contribution in [0.3, 0.4) is 0 Å². The van der Waals surface area contributed by atoms with E-state index in [1.165, 1.54) is 5.56 Å². The molecule has 0 amide bonds. The molecular weight excluding hydrogens is 310 g/mol. The maximum absolute atomic E-state index is 11.0. The fourth-order valence-electron chi connectivity index (χ4n) is 3.80. The van der Waals surface area contributed by atoms with Crippen molar-refractivity contribution in [2.24, 2.45) is 0 Å². The second kappa shape index (κ2) is 6.47. The summed E-state index contributed by atoms with van der Waals surface area (Å²) in [6.45, 7) is 3.22. The molecule has 1 heterocycles. The average Bonchev–Trinajstić information content (AvgIpc) is 3.17. The molecule has 0 bridgehead atoms. The predicted molar refractivity (Wildman–Crippen MR) is 98.7 cm³/mol. The molecule has 0 fully saturated rings. The first-order valence-electron chi connectivity index (χ1n) is 8.77. The average molecular weight is 333 g/mol. The van der Waals surface area contributed by atoms with Gasteiger partial charge in [-0.25, -0.2) is 4.98 Å². The Morgan fingerprint density at radius 1 is 1.12 bits per heavy atom. The van der Waals surface area contributed by atoms with E-state index in [4.69, 9.17) is 0 Å². The highest BCUT2D eigenvalue weighted by Crippen LogP contribution is 2.36. The van der Waals surface area contributed by atoms with Gasteiger partial charge in [-0.05, 0) is 43.0 Å². The van der Waals surface area contributed by atoms with Crippen LogP contribution in [-0.4, -0.2) is 21.2 Å².